The molecule has 2 aromatic heterocycles. The normalized spacial score (nSPS) is 12.3. The number of nitrogens with zero attached hydrogens (tertiary/aromatic N) is 2. The number of nitrogens with one attached hydrogen (secondary N) is 1. The van der Waals surface area contributed by atoms with E-state index in [1.165, 1.54) is 23.5 Å². The van der Waals surface area contributed by atoms with E-state index < -0.39 is 11.0 Å². The highest BCUT2D eigenvalue weighted by Crippen LogP contribution is 2.29. The van der Waals surface area contributed by atoms with Crippen LogP contribution in [0.2, 0.25) is 0 Å². The zero-order valence-corrected chi connectivity index (χ0v) is 15.1. The molecule has 0 aliphatic heterocycles. The molecule has 25 heavy (non-hydrogen) atoms. The van der Waals surface area contributed by atoms with Crippen molar-refractivity contribution in [2.24, 2.45) is 0 Å². The van der Waals surface area contributed by atoms with Crippen molar-refractivity contribution in [3.8, 4) is 5.75 Å². The van der Waals surface area contributed by atoms with Crippen LogP contribution in [0.1, 0.15) is 34.9 Å². The highest BCUT2D eigenvalue weighted by atomic mass is 32.1. The number of rotatable bonds is 4. The third-order valence-corrected chi connectivity index (χ3v) is 5.22. The Hall–Kier alpha value is -2.74. The van der Waals surface area contributed by atoms with E-state index in [0.717, 1.165) is 10.4 Å². The van der Waals surface area contributed by atoms with E-state index >= 15 is 0 Å². The number of thiophene rings is 1. The highest BCUT2D eigenvalue weighted by molar-refractivity contribution is 7.18. The van der Waals surface area contributed by atoms with E-state index in [2.05, 4.69) is 9.97 Å². The monoisotopic (exact) mass is 359 g/mol. The Morgan fingerprint density at radius 1 is 1.32 bits per heavy atom. The molecule has 1 N–H and O–H groups in total. The minimum Gasteiger partial charge on any atom is -0.483 e. The molecule has 0 fully saturated rings. The van der Waals surface area contributed by atoms with Gasteiger partial charge in [-0.1, -0.05) is 0 Å². The molecule has 3 aromatic rings. The summed E-state index contributed by atoms with van der Waals surface area (Å²) in [7, 11) is 0. The fourth-order valence-electron chi connectivity index (χ4n) is 2.63. The third-order valence-electron chi connectivity index (χ3n) is 4.12. The van der Waals surface area contributed by atoms with Crippen LogP contribution in [-0.4, -0.2) is 14.9 Å². The number of aryl methyl sites for hydroxylation is 3. The first-order valence-corrected chi connectivity index (χ1v) is 8.51. The van der Waals surface area contributed by atoms with Crippen molar-refractivity contribution in [1.29, 1.82) is 0 Å². The quantitative estimate of drug-likeness (QED) is 0.561. The molecule has 0 spiro atoms. The fraction of sp³-hybridized carbons (Fsp3) is 0.294. The van der Waals surface area contributed by atoms with E-state index in [0.29, 0.717) is 27.4 Å². The Balaban J connectivity index is 1.92. The topological polar surface area (TPSA) is 98.1 Å². The first-order chi connectivity index (χ1) is 11.8. The number of fused-ring (bicyclic) bond motifs is 1. The number of H-pyrrole nitrogens is 1. The summed E-state index contributed by atoms with van der Waals surface area (Å²) in [4.78, 5) is 31.8. The summed E-state index contributed by atoms with van der Waals surface area (Å²) in [6, 6.07) is 4.55. The van der Waals surface area contributed by atoms with Crippen LogP contribution in [0.3, 0.4) is 0 Å². The van der Waals surface area contributed by atoms with Gasteiger partial charge in [-0.2, -0.15) is 0 Å². The molecule has 0 saturated heterocycles. The number of nitro groups is 1. The SMILES string of the molecule is Cc1cc(O[C@H](C)c2nc3sc(C)c(C)c3c(=O)[nH]2)ccc1[N+](=O)[O-]. The molecule has 1 aromatic carbocycles. The maximum Gasteiger partial charge on any atom is 0.272 e. The number of hydrogen-bond acceptors (Lipinski definition) is 6. The van der Waals surface area contributed by atoms with Gasteiger partial charge in [0.1, 0.15) is 10.6 Å². The standard InChI is InChI=1S/C17H17N3O4S/c1-8-7-12(5-6-13(8)20(22)23)24-10(3)15-18-16(21)14-9(2)11(4)25-17(14)19-15/h5-7,10H,1-4H3,(H,18,19,21)/t10-/m1/s1. The van der Waals surface area contributed by atoms with E-state index in [1.54, 1.807) is 19.9 Å². The summed E-state index contributed by atoms with van der Waals surface area (Å²) in [6.07, 6.45) is -0.499. The van der Waals surface area contributed by atoms with Crippen LogP contribution in [0, 0.1) is 30.9 Å². The Morgan fingerprint density at radius 3 is 2.68 bits per heavy atom. The Kier molecular flexibility index (Phi) is 4.30. The Labute approximate surface area is 147 Å². The molecule has 0 bridgehead atoms. The highest BCUT2D eigenvalue weighted by Gasteiger charge is 2.17. The van der Waals surface area contributed by atoms with Crippen molar-refractivity contribution in [3.05, 3.63) is 60.5 Å². The van der Waals surface area contributed by atoms with E-state index in [-0.39, 0.29) is 11.2 Å². The smallest absolute Gasteiger partial charge is 0.272 e. The molecule has 0 aliphatic rings. The molecule has 7 nitrogen and oxygen atoms in total. The zero-order valence-electron chi connectivity index (χ0n) is 14.2. The Bertz CT molecular complexity index is 1040. The zero-order chi connectivity index (χ0) is 18.3. The summed E-state index contributed by atoms with van der Waals surface area (Å²) >= 11 is 1.48. The number of hydrogen-bond donors (Lipinski definition) is 1. The molecule has 8 heteroatoms. The van der Waals surface area contributed by atoms with Gasteiger partial charge in [-0.15, -0.1) is 11.3 Å². The van der Waals surface area contributed by atoms with Gasteiger partial charge in [0.05, 0.1) is 10.3 Å². The van der Waals surface area contributed by atoms with Crippen molar-refractivity contribution in [1.82, 2.24) is 9.97 Å². The van der Waals surface area contributed by atoms with Crippen LogP contribution in [0.5, 0.6) is 5.75 Å². The van der Waals surface area contributed by atoms with Gasteiger partial charge >= 0.3 is 0 Å². The van der Waals surface area contributed by atoms with Crippen molar-refractivity contribution in [2.75, 3.05) is 0 Å². The van der Waals surface area contributed by atoms with Gasteiger partial charge in [0.25, 0.3) is 11.2 Å². The molecular weight excluding hydrogens is 342 g/mol. The molecule has 1 atom stereocenters. The molecule has 0 saturated carbocycles. The lowest BCUT2D eigenvalue weighted by Crippen LogP contribution is -2.16. The van der Waals surface area contributed by atoms with Crippen molar-refractivity contribution in [2.45, 2.75) is 33.8 Å². The van der Waals surface area contributed by atoms with Crippen LogP contribution in [0.15, 0.2) is 23.0 Å². The minimum absolute atomic E-state index is 0.0393. The average Bonchev–Trinajstić information content (AvgIpc) is 2.82. The van der Waals surface area contributed by atoms with Gasteiger partial charge in [-0.3, -0.25) is 14.9 Å². The lowest BCUT2D eigenvalue weighted by Gasteiger charge is -2.14. The number of ether oxygens (including phenoxy) is 1. The van der Waals surface area contributed by atoms with Gasteiger partial charge in [0.15, 0.2) is 11.9 Å². The predicted molar refractivity (Wildman–Crippen MR) is 96.6 cm³/mol. The van der Waals surface area contributed by atoms with Crippen LogP contribution in [-0.2, 0) is 0 Å². The second-order valence-electron chi connectivity index (χ2n) is 5.88. The molecule has 0 amide bonds. The van der Waals surface area contributed by atoms with Crippen LogP contribution in [0.4, 0.5) is 5.69 Å². The van der Waals surface area contributed by atoms with Crippen molar-refractivity contribution < 1.29 is 9.66 Å². The molecule has 0 radical (unpaired) electrons. The van der Waals surface area contributed by atoms with Gasteiger partial charge in [-0.05, 0) is 45.4 Å². The second kappa shape index (κ2) is 6.29. The van der Waals surface area contributed by atoms with Gasteiger partial charge in [0, 0.05) is 16.5 Å². The second-order valence-corrected chi connectivity index (χ2v) is 7.08. The van der Waals surface area contributed by atoms with E-state index in [9.17, 15) is 14.9 Å². The maximum atomic E-state index is 12.3. The summed E-state index contributed by atoms with van der Waals surface area (Å²) in [5, 5.41) is 11.5. The van der Waals surface area contributed by atoms with Crippen LogP contribution in [0.25, 0.3) is 10.2 Å². The van der Waals surface area contributed by atoms with E-state index in [1.807, 2.05) is 13.8 Å². The molecule has 3 rings (SSSR count). The van der Waals surface area contributed by atoms with Crippen molar-refractivity contribution in [3.63, 3.8) is 0 Å². The van der Waals surface area contributed by atoms with Gasteiger partial charge < -0.3 is 9.72 Å². The van der Waals surface area contributed by atoms with Gasteiger partial charge in [-0.25, -0.2) is 4.98 Å². The fourth-order valence-corrected chi connectivity index (χ4v) is 3.67. The molecule has 130 valence electrons. The maximum absolute atomic E-state index is 12.3. The lowest BCUT2D eigenvalue weighted by atomic mass is 10.2. The largest absolute Gasteiger partial charge is 0.483 e. The Morgan fingerprint density at radius 2 is 2.04 bits per heavy atom. The average molecular weight is 359 g/mol. The number of aromatic amines is 1. The number of aromatic nitrogens is 2. The summed E-state index contributed by atoms with van der Waals surface area (Å²) < 4.78 is 5.81. The third kappa shape index (κ3) is 3.12. The first-order valence-electron chi connectivity index (χ1n) is 7.69. The van der Waals surface area contributed by atoms with Crippen LogP contribution < -0.4 is 10.3 Å². The predicted octanol–water partition coefficient (Wildman–Crippen LogP) is 3.96. The van der Waals surface area contributed by atoms with Crippen LogP contribution >= 0.6 is 11.3 Å². The number of benzene rings is 1. The van der Waals surface area contributed by atoms with Crippen molar-refractivity contribution >= 4 is 27.2 Å². The summed E-state index contributed by atoms with van der Waals surface area (Å²) in [6.45, 7) is 7.29. The van der Waals surface area contributed by atoms with E-state index in [4.69, 9.17) is 4.74 Å². The summed E-state index contributed by atoms with van der Waals surface area (Å²) in [5.74, 6) is 0.909. The lowest BCUT2D eigenvalue weighted by molar-refractivity contribution is -0.385. The first kappa shape index (κ1) is 17.1. The molecule has 0 aliphatic carbocycles. The molecule has 0 unspecified atom stereocenters. The number of nitro benzene ring substituents is 1. The summed E-state index contributed by atoms with van der Waals surface area (Å²) in [5.41, 5.74) is 1.31. The van der Waals surface area contributed by atoms with Gasteiger partial charge in [0.2, 0.25) is 0 Å². The minimum atomic E-state index is -0.499. The molecule has 2 heterocycles. The molecular formula is C17H17N3O4S.